The number of carboxylic acids is 1. The minimum absolute atomic E-state index is 0.235. The van der Waals surface area contributed by atoms with Crippen LogP contribution in [0.4, 0.5) is 4.79 Å². The van der Waals surface area contributed by atoms with Crippen LogP contribution >= 0.6 is 0 Å². The molecule has 0 aliphatic carbocycles. The molecule has 0 bridgehead atoms. The van der Waals surface area contributed by atoms with Crippen LogP contribution in [-0.4, -0.2) is 35.9 Å². The molecule has 110 valence electrons. The lowest BCUT2D eigenvalue weighted by Crippen LogP contribution is -2.40. The minimum Gasteiger partial charge on any atom is -0.479 e. The highest BCUT2D eigenvalue weighted by atomic mass is 16.5. The van der Waals surface area contributed by atoms with Crippen molar-refractivity contribution in [2.45, 2.75) is 38.0 Å². The van der Waals surface area contributed by atoms with Gasteiger partial charge in [-0.15, -0.1) is 0 Å². The SMILES string of the molecule is CC(NC(=O)NCC1CCC(C(=O)O)O1)c1ccco1. The third kappa shape index (κ3) is 3.74. The second kappa shape index (κ2) is 6.42. The predicted molar refractivity (Wildman–Crippen MR) is 69.2 cm³/mol. The summed E-state index contributed by atoms with van der Waals surface area (Å²) < 4.78 is 10.5. The van der Waals surface area contributed by atoms with Gasteiger partial charge in [0.15, 0.2) is 6.10 Å². The van der Waals surface area contributed by atoms with Crippen molar-refractivity contribution < 1.29 is 23.8 Å². The lowest BCUT2D eigenvalue weighted by molar-refractivity contribution is -0.149. The van der Waals surface area contributed by atoms with Crippen LogP contribution in [0.3, 0.4) is 0 Å². The molecule has 2 heterocycles. The number of carbonyl (C=O) groups excluding carboxylic acids is 1. The number of hydrogen-bond acceptors (Lipinski definition) is 4. The Balaban J connectivity index is 1.69. The Labute approximate surface area is 116 Å². The van der Waals surface area contributed by atoms with Crippen molar-refractivity contribution in [1.82, 2.24) is 10.6 Å². The van der Waals surface area contributed by atoms with Crippen molar-refractivity contribution in [3.05, 3.63) is 24.2 Å². The summed E-state index contributed by atoms with van der Waals surface area (Å²) >= 11 is 0. The largest absolute Gasteiger partial charge is 0.479 e. The molecule has 1 aliphatic heterocycles. The van der Waals surface area contributed by atoms with Gasteiger partial charge in [0.1, 0.15) is 5.76 Å². The maximum atomic E-state index is 11.7. The van der Waals surface area contributed by atoms with Gasteiger partial charge < -0.3 is 24.9 Å². The smallest absolute Gasteiger partial charge is 0.332 e. The number of furan rings is 1. The van der Waals surface area contributed by atoms with Crippen molar-refractivity contribution in [2.75, 3.05) is 6.54 Å². The van der Waals surface area contributed by atoms with Crippen LogP contribution in [0.15, 0.2) is 22.8 Å². The highest BCUT2D eigenvalue weighted by Crippen LogP contribution is 2.19. The van der Waals surface area contributed by atoms with Gasteiger partial charge in [0, 0.05) is 6.54 Å². The molecule has 1 fully saturated rings. The fraction of sp³-hybridized carbons (Fsp3) is 0.538. The van der Waals surface area contributed by atoms with E-state index >= 15 is 0 Å². The quantitative estimate of drug-likeness (QED) is 0.755. The van der Waals surface area contributed by atoms with Crippen LogP contribution in [0.5, 0.6) is 0 Å². The first-order valence-electron chi connectivity index (χ1n) is 6.52. The van der Waals surface area contributed by atoms with Crippen molar-refractivity contribution in [3.8, 4) is 0 Å². The van der Waals surface area contributed by atoms with Gasteiger partial charge in [0.05, 0.1) is 18.4 Å². The maximum absolute atomic E-state index is 11.7. The maximum Gasteiger partial charge on any atom is 0.332 e. The molecule has 7 heteroatoms. The highest BCUT2D eigenvalue weighted by Gasteiger charge is 2.30. The number of carboxylic acid groups (broad SMARTS) is 1. The lowest BCUT2D eigenvalue weighted by atomic mass is 10.2. The summed E-state index contributed by atoms with van der Waals surface area (Å²) in [4.78, 5) is 22.4. The van der Waals surface area contributed by atoms with Crippen molar-refractivity contribution in [3.63, 3.8) is 0 Å². The predicted octanol–water partition coefficient (Wildman–Crippen LogP) is 1.27. The second-order valence-electron chi connectivity index (χ2n) is 4.75. The molecule has 2 amide bonds. The van der Waals surface area contributed by atoms with Crippen LogP contribution in [0, 0.1) is 0 Å². The molecule has 3 atom stereocenters. The van der Waals surface area contributed by atoms with E-state index in [1.807, 2.05) is 6.92 Å². The molecule has 0 saturated carbocycles. The number of aliphatic carboxylic acids is 1. The molecule has 0 radical (unpaired) electrons. The average molecular weight is 282 g/mol. The van der Waals surface area contributed by atoms with E-state index in [9.17, 15) is 9.59 Å². The number of rotatable bonds is 5. The summed E-state index contributed by atoms with van der Waals surface area (Å²) in [5, 5.41) is 14.2. The van der Waals surface area contributed by atoms with Crippen LogP contribution in [0.1, 0.15) is 31.6 Å². The van der Waals surface area contributed by atoms with E-state index in [1.165, 1.54) is 0 Å². The van der Waals surface area contributed by atoms with Gasteiger partial charge in [0.2, 0.25) is 0 Å². The summed E-state index contributed by atoms with van der Waals surface area (Å²) in [6, 6.07) is 2.96. The lowest BCUT2D eigenvalue weighted by Gasteiger charge is -2.15. The second-order valence-corrected chi connectivity index (χ2v) is 4.75. The molecule has 3 unspecified atom stereocenters. The Hall–Kier alpha value is -2.02. The molecule has 3 N–H and O–H groups in total. The van der Waals surface area contributed by atoms with E-state index < -0.39 is 12.1 Å². The molecule has 1 aliphatic rings. The van der Waals surface area contributed by atoms with Crippen LogP contribution in [0.25, 0.3) is 0 Å². The van der Waals surface area contributed by atoms with Crippen LogP contribution in [0.2, 0.25) is 0 Å². The average Bonchev–Trinajstić information content (AvgIpc) is 3.07. The molecule has 2 rings (SSSR count). The summed E-state index contributed by atoms with van der Waals surface area (Å²) in [6.07, 6.45) is 1.65. The number of hydrogen-bond donors (Lipinski definition) is 3. The third-order valence-corrected chi connectivity index (χ3v) is 3.19. The molecular formula is C13H18N2O5. The normalized spacial score (nSPS) is 23.2. The minimum atomic E-state index is -0.955. The molecule has 0 aromatic carbocycles. The first-order valence-corrected chi connectivity index (χ1v) is 6.52. The van der Waals surface area contributed by atoms with Crippen molar-refractivity contribution in [2.24, 2.45) is 0 Å². The zero-order valence-electron chi connectivity index (χ0n) is 11.2. The van der Waals surface area contributed by atoms with E-state index in [4.69, 9.17) is 14.3 Å². The fourth-order valence-corrected chi connectivity index (χ4v) is 2.10. The van der Waals surface area contributed by atoms with Gasteiger partial charge >= 0.3 is 12.0 Å². The summed E-state index contributed by atoms with van der Waals surface area (Å²) in [5.74, 6) is -0.286. The molecule has 0 spiro atoms. The molecular weight excluding hydrogens is 264 g/mol. The standard InChI is InChI=1S/C13H18N2O5/c1-8(10-3-2-6-19-10)15-13(18)14-7-9-4-5-11(20-9)12(16)17/h2-3,6,8-9,11H,4-5,7H2,1H3,(H,16,17)(H2,14,15,18). The topological polar surface area (TPSA) is 101 Å². The summed E-state index contributed by atoms with van der Waals surface area (Å²) in [6.45, 7) is 2.10. The molecule has 1 aromatic heterocycles. The van der Waals surface area contributed by atoms with E-state index in [0.29, 0.717) is 25.1 Å². The Kier molecular flexibility index (Phi) is 4.62. The Morgan fingerprint density at radius 1 is 1.50 bits per heavy atom. The van der Waals surface area contributed by atoms with Crippen molar-refractivity contribution in [1.29, 1.82) is 0 Å². The highest BCUT2D eigenvalue weighted by molar-refractivity contribution is 5.74. The van der Waals surface area contributed by atoms with E-state index in [2.05, 4.69) is 10.6 Å². The van der Waals surface area contributed by atoms with Crippen LogP contribution in [-0.2, 0) is 9.53 Å². The van der Waals surface area contributed by atoms with Gasteiger partial charge in [-0.05, 0) is 31.9 Å². The number of nitrogens with one attached hydrogen (secondary N) is 2. The number of carbonyl (C=O) groups is 2. The van der Waals surface area contributed by atoms with Gasteiger partial charge in [-0.1, -0.05) is 0 Å². The Bertz CT molecular complexity index is 459. The van der Waals surface area contributed by atoms with Crippen LogP contribution < -0.4 is 10.6 Å². The number of ether oxygens (including phenoxy) is 1. The number of amides is 2. The fourth-order valence-electron chi connectivity index (χ4n) is 2.10. The zero-order chi connectivity index (χ0) is 14.5. The summed E-state index contributed by atoms with van der Waals surface area (Å²) in [5.41, 5.74) is 0. The molecule has 7 nitrogen and oxygen atoms in total. The van der Waals surface area contributed by atoms with Gasteiger partial charge in [-0.25, -0.2) is 9.59 Å². The first-order chi connectivity index (χ1) is 9.56. The Morgan fingerprint density at radius 2 is 2.30 bits per heavy atom. The zero-order valence-corrected chi connectivity index (χ0v) is 11.2. The summed E-state index contributed by atoms with van der Waals surface area (Å²) in [7, 11) is 0. The molecule has 20 heavy (non-hydrogen) atoms. The van der Waals surface area contributed by atoms with Gasteiger partial charge in [0.25, 0.3) is 0 Å². The number of urea groups is 1. The van der Waals surface area contributed by atoms with Gasteiger partial charge in [-0.2, -0.15) is 0 Å². The molecule has 1 aromatic rings. The Morgan fingerprint density at radius 3 is 2.90 bits per heavy atom. The van der Waals surface area contributed by atoms with E-state index in [0.717, 1.165) is 0 Å². The third-order valence-electron chi connectivity index (χ3n) is 3.19. The van der Waals surface area contributed by atoms with Gasteiger partial charge in [-0.3, -0.25) is 0 Å². The first kappa shape index (κ1) is 14.4. The van der Waals surface area contributed by atoms with E-state index in [1.54, 1.807) is 18.4 Å². The molecule has 1 saturated heterocycles. The van der Waals surface area contributed by atoms with E-state index in [-0.39, 0.29) is 18.2 Å². The monoisotopic (exact) mass is 282 g/mol. The van der Waals surface area contributed by atoms with Crippen molar-refractivity contribution >= 4 is 12.0 Å².